The molecule has 1 aliphatic rings. The fourth-order valence-corrected chi connectivity index (χ4v) is 4.62. The van der Waals surface area contributed by atoms with E-state index in [0.29, 0.717) is 13.2 Å². The molecule has 6 atom stereocenters. The Bertz CT molecular complexity index is 659. The van der Waals surface area contributed by atoms with E-state index in [1.54, 1.807) is 7.11 Å². The zero-order valence-corrected chi connectivity index (χ0v) is 21.1. The van der Waals surface area contributed by atoms with Crippen LogP contribution < -0.4 is 4.74 Å². The smallest absolute Gasteiger partial charge is 0.165 e. The van der Waals surface area contributed by atoms with Crippen molar-refractivity contribution in [2.75, 3.05) is 20.5 Å². The van der Waals surface area contributed by atoms with Gasteiger partial charge in [-0.1, -0.05) is 52.5 Å². The molecule has 0 aliphatic carbocycles. The highest BCUT2D eigenvalue weighted by Gasteiger charge is 2.44. The third-order valence-corrected chi connectivity index (χ3v) is 7.63. The van der Waals surface area contributed by atoms with Gasteiger partial charge in [-0.3, -0.25) is 0 Å². The minimum atomic E-state index is -1.14. The van der Waals surface area contributed by atoms with E-state index in [1.165, 1.54) is 0 Å². The molecule has 2 rings (SSSR count). The zero-order valence-electron chi connectivity index (χ0n) is 20.1. The van der Waals surface area contributed by atoms with E-state index in [4.69, 9.17) is 23.7 Å². The number of benzene rings is 1. The molecule has 0 aromatic heterocycles. The predicted molar refractivity (Wildman–Crippen MR) is 124 cm³/mol. The first-order valence-electron chi connectivity index (χ1n) is 11.2. The Hall–Kier alpha value is -1.25. The third-order valence-electron chi connectivity index (χ3n) is 5.92. The number of carbonyl (C=O) groups is 1. The lowest BCUT2D eigenvalue weighted by molar-refractivity contribution is -0.295. The molecule has 31 heavy (non-hydrogen) atoms. The molecular formula is C24H40O6Si. The molecule has 176 valence electrons. The van der Waals surface area contributed by atoms with Crippen molar-refractivity contribution >= 4 is 14.4 Å². The summed E-state index contributed by atoms with van der Waals surface area (Å²) in [6, 6.07) is 8.94. The van der Waals surface area contributed by atoms with E-state index in [2.05, 4.69) is 33.5 Å². The summed E-state index contributed by atoms with van der Waals surface area (Å²) in [5.41, 5.74) is 1.07. The van der Waals surface area contributed by atoms with Crippen LogP contribution in [0.15, 0.2) is 24.3 Å². The minimum absolute atomic E-state index is 0.00365. The van der Waals surface area contributed by atoms with Crippen LogP contribution in [0, 0.1) is 17.8 Å². The second-order valence-corrected chi connectivity index (χ2v) is 15.4. The molecule has 1 saturated heterocycles. The predicted octanol–water partition coefficient (Wildman–Crippen LogP) is 4.74. The number of rotatable bonds is 12. The maximum atomic E-state index is 11.5. The summed E-state index contributed by atoms with van der Waals surface area (Å²) in [4.78, 5) is 11.5. The van der Waals surface area contributed by atoms with Gasteiger partial charge in [-0.25, -0.2) is 0 Å². The molecule has 1 fully saturated rings. The van der Waals surface area contributed by atoms with E-state index < -0.39 is 14.4 Å². The van der Waals surface area contributed by atoms with Crippen molar-refractivity contribution < 1.29 is 28.5 Å². The van der Waals surface area contributed by atoms with Gasteiger partial charge in [0.1, 0.15) is 18.8 Å². The standard InChI is InChI=1S/C24H40O6Si/c1-17(14-25)22-18(2)23(28-15-20-8-10-21(26-4)11-9-20)19(3)24(30-22)29-16-27-12-13-31(5,6)7/h8-11,14,17-19,22-24H,12-13,15-16H2,1-7H3/t17-,18-,19-,22+,23+,24-/m1/s1. The SMILES string of the molecule is COc1ccc(CO[C@@H]2[C@@H](C)[C@H](OCOCC[Si](C)(C)C)O[C@@H]([C@H](C)C=O)[C@H]2C)cc1. The number of hydrogen-bond acceptors (Lipinski definition) is 6. The first-order valence-corrected chi connectivity index (χ1v) is 14.9. The lowest BCUT2D eigenvalue weighted by atomic mass is 9.81. The van der Waals surface area contributed by atoms with Gasteiger partial charge in [-0.05, 0) is 23.7 Å². The summed E-state index contributed by atoms with van der Waals surface area (Å²) >= 11 is 0. The molecular weight excluding hydrogens is 412 g/mol. The van der Waals surface area contributed by atoms with Crippen molar-refractivity contribution in [2.45, 2.75) is 71.6 Å². The van der Waals surface area contributed by atoms with Crippen LogP contribution in [0.4, 0.5) is 0 Å². The zero-order chi connectivity index (χ0) is 23.0. The van der Waals surface area contributed by atoms with Crippen LogP contribution in [-0.4, -0.2) is 53.4 Å². The summed E-state index contributed by atoms with van der Waals surface area (Å²) in [7, 11) is 0.514. The summed E-state index contributed by atoms with van der Waals surface area (Å²) in [6.07, 6.45) is 0.104. The van der Waals surface area contributed by atoms with Crippen molar-refractivity contribution in [3.8, 4) is 5.75 Å². The Kier molecular flexibility index (Phi) is 10.2. The van der Waals surface area contributed by atoms with Gasteiger partial charge in [0.25, 0.3) is 0 Å². The molecule has 7 heteroatoms. The van der Waals surface area contributed by atoms with Gasteiger partial charge in [0.15, 0.2) is 6.29 Å². The molecule has 1 aromatic rings. The molecule has 0 amide bonds. The van der Waals surface area contributed by atoms with Gasteiger partial charge < -0.3 is 28.5 Å². The van der Waals surface area contributed by atoms with E-state index in [-0.39, 0.29) is 36.8 Å². The Morgan fingerprint density at radius 3 is 2.35 bits per heavy atom. The Labute approximate surface area is 188 Å². The minimum Gasteiger partial charge on any atom is -0.497 e. The molecule has 0 unspecified atom stereocenters. The molecule has 1 aliphatic heterocycles. The number of hydrogen-bond donors (Lipinski definition) is 0. The van der Waals surface area contributed by atoms with Gasteiger partial charge in [-0.2, -0.15) is 0 Å². The summed E-state index contributed by atoms with van der Waals surface area (Å²) in [5, 5.41) is 0. The van der Waals surface area contributed by atoms with Crippen LogP contribution in [-0.2, 0) is 30.3 Å². The van der Waals surface area contributed by atoms with E-state index >= 15 is 0 Å². The fraction of sp³-hybridized carbons (Fsp3) is 0.708. The molecule has 0 bridgehead atoms. The van der Waals surface area contributed by atoms with Crippen LogP contribution in [0.1, 0.15) is 26.3 Å². The highest BCUT2D eigenvalue weighted by Crippen LogP contribution is 2.36. The highest BCUT2D eigenvalue weighted by molar-refractivity contribution is 6.76. The van der Waals surface area contributed by atoms with Gasteiger partial charge in [-0.15, -0.1) is 0 Å². The van der Waals surface area contributed by atoms with Crippen LogP contribution in [0.25, 0.3) is 0 Å². The number of carbonyl (C=O) groups excluding carboxylic acids is 1. The van der Waals surface area contributed by atoms with Crippen LogP contribution >= 0.6 is 0 Å². The summed E-state index contributed by atoms with van der Waals surface area (Å²) in [6.45, 7) is 14.4. The normalized spacial score (nSPS) is 27.6. The molecule has 1 aromatic carbocycles. The van der Waals surface area contributed by atoms with Crippen LogP contribution in [0.2, 0.25) is 25.7 Å². The number of aldehydes is 1. The molecule has 0 spiro atoms. The molecule has 0 N–H and O–H groups in total. The number of methoxy groups -OCH3 is 1. The van der Waals surface area contributed by atoms with Gasteiger partial charge in [0, 0.05) is 32.4 Å². The Morgan fingerprint density at radius 1 is 1.10 bits per heavy atom. The first kappa shape index (κ1) is 26.0. The molecule has 1 heterocycles. The highest BCUT2D eigenvalue weighted by atomic mass is 28.3. The van der Waals surface area contributed by atoms with E-state index in [0.717, 1.165) is 23.6 Å². The van der Waals surface area contributed by atoms with Crippen molar-refractivity contribution in [3.63, 3.8) is 0 Å². The van der Waals surface area contributed by atoms with Crippen molar-refractivity contribution in [1.29, 1.82) is 0 Å². The van der Waals surface area contributed by atoms with Crippen molar-refractivity contribution in [2.24, 2.45) is 17.8 Å². The lowest BCUT2D eigenvalue weighted by Crippen LogP contribution is -2.53. The van der Waals surface area contributed by atoms with Crippen molar-refractivity contribution in [1.82, 2.24) is 0 Å². The summed E-state index contributed by atoms with van der Waals surface area (Å²) < 4.78 is 29.4. The molecule has 6 nitrogen and oxygen atoms in total. The average Bonchev–Trinajstić information content (AvgIpc) is 2.73. The third kappa shape index (κ3) is 7.99. The largest absolute Gasteiger partial charge is 0.497 e. The van der Waals surface area contributed by atoms with Crippen molar-refractivity contribution in [3.05, 3.63) is 29.8 Å². The fourth-order valence-electron chi connectivity index (χ4n) is 3.86. The summed E-state index contributed by atoms with van der Waals surface area (Å²) in [5.74, 6) is 0.637. The maximum Gasteiger partial charge on any atom is 0.165 e. The quantitative estimate of drug-likeness (QED) is 0.198. The van der Waals surface area contributed by atoms with E-state index in [9.17, 15) is 4.79 Å². The maximum absolute atomic E-state index is 11.5. The lowest BCUT2D eigenvalue weighted by Gasteiger charge is -2.45. The first-order chi connectivity index (χ1) is 14.7. The van der Waals surface area contributed by atoms with Crippen LogP contribution in [0.3, 0.4) is 0 Å². The van der Waals surface area contributed by atoms with Gasteiger partial charge in [0.2, 0.25) is 0 Å². The number of ether oxygens (including phenoxy) is 5. The molecule has 0 saturated carbocycles. The Balaban J connectivity index is 1.99. The van der Waals surface area contributed by atoms with Gasteiger partial charge >= 0.3 is 0 Å². The van der Waals surface area contributed by atoms with Gasteiger partial charge in [0.05, 0.1) is 25.9 Å². The average molecular weight is 453 g/mol. The molecule has 0 radical (unpaired) electrons. The monoisotopic (exact) mass is 452 g/mol. The Morgan fingerprint density at radius 2 is 1.77 bits per heavy atom. The second kappa shape index (κ2) is 12.1. The topological polar surface area (TPSA) is 63.2 Å². The second-order valence-electron chi connectivity index (χ2n) is 9.81. The van der Waals surface area contributed by atoms with Crippen LogP contribution in [0.5, 0.6) is 5.75 Å². The van der Waals surface area contributed by atoms with E-state index in [1.807, 2.05) is 31.2 Å².